The molecule has 2 N–H and O–H groups in total. The molecule has 0 aromatic heterocycles. The maximum Gasteiger partial charge on any atom is 0.236 e. The molecule has 5 heteroatoms. The van der Waals surface area contributed by atoms with E-state index in [1.807, 2.05) is 0 Å². The van der Waals surface area contributed by atoms with Gasteiger partial charge in [-0.15, -0.1) is 0 Å². The van der Waals surface area contributed by atoms with E-state index in [0.717, 1.165) is 26.1 Å². The molecule has 0 aromatic rings. The minimum absolute atomic E-state index is 0.00276. The molecule has 15 heavy (non-hydrogen) atoms. The normalized spacial score (nSPS) is 20.5. The second-order valence-electron chi connectivity index (χ2n) is 4.10. The Labute approximate surface area is 90.2 Å². The molecule has 1 saturated heterocycles. The van der Waals surface area contributed by atoms with Crippen molar-refractivity contribution in [1.82, 2.24) is 9.80 Å². The molecular weight excluding hydrogens is 194 g/mol. The van der Waals surface area contributed by atoms with Crippen LogP contribution in [0, 0.1) is 5.92 Å². The molecule has 0 spiro atoms. The number of nitrogens with two attached hydrogens (primary N) is 1. The van der Waals surface area contributed by atoms with Crippen molar-refractivity contribution in [3.63, 3.8) is 0 Å². The number of nitrogens with zero attached hydrogens (tertiary/aromatic N) is 2. The third-order valence-electron chi connectivity index (χ3n) is 2.88. The Kier molecular flexibility index (Phi) is 4.08. The summed E-state index contributed by atoms with van der Waals surface area (Å²) in [5, 5.41) is 0. The van der Waals surface area contributed by atoms with Gasteiger partial charge in [0, 0.05) is 33.6 Å². The SMILES string of the molecule is CC(=O)N(C)CC1CCN(C(=O)CN)C1. The summed E-state index contributed by atoms with van der Waals surface area (Å²) in [6.07, 6.45) is 0.962. The summed E-state index contributed by atoms with van der Waals surface area (Å²) in [5.74, 6) is 0.468. The second kappa shape index (κ2) is 5.11. The smallest absolute Gasteiger partial charge is 0.236 e. The van der Waals surface area contributed by atoms with Gasteiger partial charge < -0.3 is 15.5 Å². The number of carbonyl (C=O) groups is 2. The van der Waals surface area contributed by atoms with Crippen LogP contribution in [0.5, 0.6) is 0 Å². The predicted octanol–water partition coefficient (Wildman–Crippen LogP) is -0.728. The van der Waals surface area contributed by atoms with Crippen molar-refractivity contribution in [2.24, 2.45) is 11.7 Å². The molecule has 2 amide bonds. The van der Waals surface area contributed by atoms with Crippen LogP contribution in [0.2, 0.25) is 0 Å². The Hall–Kier alpha value is -1.10. The highest BCUT2D eigenvalue weighted by Gasteiger charge is 2.26. The maximum atomic E-state index is 11.3. The summed E-state index contributed by atoms with van der Waals surface area (Å²) >= 11 is 0. The summed E-state index contributed by atoms with van der Waals surface area (Å²) < 4.78 is 0. The van der Waals surface area contributed by atoms with Gasteiger partial charge in [-0.25, -0.2) is 0 Å². The van der Waals surface area contributed by atoms with Crippen LogP contribution < -0.4 is 5.73 Å². The molecule has 5 nitrogen and oxygen atoms in total. The van der Waals surface area contributed by atoms with Crippen molar-refractivity contribution in [2.45, 2.75) is 13.3 Å². The molecule has 1 rings (SSSR count). The standard InChI is InChI=1S/C10H19N3O2/c1-8(14)12(2)6-9-3-4-13(7-9)10(15)5-11/h9H,3-7,11H2,1-2H3. The van der Waals surface area contributed by atoms with Crippen molar-refractivity contribution >= 4 is 11.8 Å². The molecule has 0 aromatic carbocycles. The third kappa shape index (κ3) is 3.20. The highest BCUT2D eigenvalue weighted by molar-refractivity contribution is 5.78. The highest BCUT2D eigenvalue weighted by Crippen LogP contribution is 2.16. The second-order valence-corrected chi connectivity index (χ2v) is 4.10. The minimum atomic E-state index is 0.00276. The lowest BCUT2D eigenvalue weighted by Crippen LogP contribution is -2.36. The van der Waals surface area contributed by atoms with Crippen LogP contribution >= 0.6 is 0 Å². The average Bonchev–Trinajstić information content (AvgIpc) is 2.65. The molecule has 1 aliphatic rings. The fraction of sp³-hybridized carbons (Fsp3) is 0.800. The molecule has 1 atom stereocenters. The summed E-state index contributed by atoms with van der Waals surface area (Å²) in [4.78, 5) is 25.8. The van der Waals surface area contributed by atoms with E-state index in [-0.39, 0.29) is 18.4 Å². The van der Waals surface area contributed by atoms with Crippen molar-refractivity contribution < 1.29 is 9.59 Å². The van der Waals surface area contributed by atoms with Gasteiger partial charge in [-0.3, -0.25) is 9.59 Å². The van der Waals surface area contributed by atoms with Gasteiger partial charge in [0.1, 0.15) is 0 Å². The van der Waals surface area contributed by atoms with Crippen LogP contribution in [0.25, 0.3) is 0 Å². The number of hydrogen-bond acceptors (Lipinski definition) is 3. The lowest BCUT2D eigenvalue weighted by Gasteiger charge is -2.20. The molecular formula is C10H19N3O2. The van der Waals surface area contributed by atoms with Crippen LogP contribution in [0.1, 0.15) is 13.3 Å². The zero-order chi connectivity index (χ0) is 11.4. The van der Waals surface area contributed by atoms with Gasteiger partial charge in [-0.1, -0.05) is 0 Å². The molecule has 0 radical (unpaired) electrons. The van der Waals surface area contributed by atoms with Crippen LogP contribution in [0.15, 0.2) is 0 Å². The number of hydrogen-bond donors (Lipinski definition) is 1. The summed E-state index contributed by atoms with van der Waals surface area (Å²) in [6.45, 7) is 3.86. The van der Waals surface area contributed by atoms with Crippen molar-refractivity contribution in [3.05, 3.63) is 0 Å². The van der Waals surface area contributed by atoms with E-state index in [4.69, 9.17) is 5.73 Å². The zero-order valence-corrected chi connectivity index (χ0v) is 9.40. The Morgan fingerprint density at radius 2 is 2.20 bits per heavy atom. The first-order valence-corrected chi connectivity index (χ1v) is 5.24. The lowest BCUT2D eigenvalue weighted by atomic mass is 10.1. The monoisotopic (exact) mass is 213 g/mol. The molecule has 1 heterocycles. The lowest BCUT2D eigenvalue weighted by molar-refractivity contribution is -0.128. The minimum Gasteiger partial charge on any atom is -0.346 e. The van der Waals surface area contributed by atoms with E-state index in [1.165, 1.54) is 0 Å². The number of rotatable bonds is 3. The van der Waals surface area contributed by atoms with Gasteiger partial charge in [0.05, 0.1) is 6.54 Å². The summed E-state index contributed by atoms with van der Waals surface area (Å²) in [5.41, 5.74) is 5.29. The van der Waals surface area contributed by atoms with Gasteiger partial charge in [0.2, 0.25) is 11.8 Å². The quantitative estimate of drug-likeness (QED) is 0.672. The summed E-state index contributed by atoms with van der Waals surface area (Å²) in [7, 11) is 1.79. The average molecular weight is 213 g/mol. The largest absolute Gasteiger partial charge is 0.346 e. The Bertz CT molecular complexity index is 255. The van der Waals surface area contributed by atoms with E-state index in [9.17, 15) is 9.59 Å². The summed E-state index contributed by atoms with van der Waals surface area (Å²) in [6, 6.07) is 0. The van der Waals surface area contributed by atoms with Crippen molar-refractivity contribution in [3.8, 4) is 0 Å². The molecule has 0 bridgehead atoms. The van der Waals surface area contributed by atoms with Crippen molar-refractivity contribution in [2.75, 3.05) is 33.2 Å². The van der Waals surface area contributed by atoms with Crippen LogP contribution in [-0.4, -0.2) is 54.8 Å². The Morgan fingerprint density at radius 1 is 1.53 bits per heavy atom. The predicted molar refractivity (Wildman–Crippen MR) is 57.1 cm³/mol. The van der Waals surface area contributed by atoms with E-state index in [0.29, 0.717) is 5.92 Å². The van der Waals surface area contributed by atoms with E-state index < -0.39 is 0 Å². The molecule has 0 aliphatic carbocycles. The van der Waals surface area contributed by atoms with E-state index in [2.05, 4.69) is 0 Å². The Balaban J connectivity index is 2.36. The fourth-order valence-electron chi connectivity index (χ4n) is 1.85. The maximum absolute atomic E-state index is 11.3. The first kappa shape index (κ1) is 12.0. The van der Waals surface area contributed by atoms with E-state index in [1.54, 1.807) is 23.8 Å². The number of likely N-dealkylation sites (tertiary alicyclic amines) is 1. The van der Waals surface area contributed by atoms with Crippen LogP contribution in [-0.2, 0) is 9.59 Å². The van der Waals surface area contributed by atoms with Gasteiger partial charge in [0.15, 0.2) is 0 Å². The van der Waals surface area contributed by atoms with Gasteiger partial charge in [-0.05, 0) is 12.3 Å². The molecule has 0 saturated carbocycles. The first-order valence-electron chi connectivity index (χ1n) is 5.24. The van der Waals surface area contributed by atoms with Gasteiger partial charge >= 0.3 is 0 Å². The number of amides is 2. The first-order chi connectivity index (χ1) is 7.04. The molecule has 1 fully saturated rings. The molecule has 1 aliphatic heterocycles. The van der Waals surface area contributed by atoms with E-state index >= 15 is 0 Å². The zero-order valence-electron chi connectivity index (χ0n) is 9.40. The fourth-order valence-corrected chi connectivity index (χ4v) is 1.85. The Morgan fingerprint density at radius 3 is 2.73 bits per heavy atom. The van der Waals surface area contributed by atoms with Crippen LogP contribution in [0.4, 0.5) is 0 Å². The molecule has 1 unspecified atom stereocenters. The van der Waals surface area contributed by atoms with Crippen molar-refractivity contribution in [1.29, 1.82) is 0 Å². The number of carbonyl (C=O) groups excluding carboxylic acids is 2. The topological polar surface area (TPSA) is 66.6 Å². The third-order valence-corrected chi connectivity index (χ3v) is 2.88. The van der Waals surface area contributed by atoms with Crippen LogP contribution in [0.3, 0.4) is 0 Å². The highest BCUT2D eigenvalue weighted by atomic mass is 16.2. The molecule has 86 valence electrons. The van der Waals surface area contributed by atoms with Gasteiger partial charge in [0.25, 0.3) is 0 Å². The van der Waals surface area contributed by atoms with Gasteiger partial charge in [-0.2, -0.15) is 0 Å².